The van der Waals surface area contributed by atoms with Crippen LogP contribution in [0.4, 0.5) is 5.69 Å². The number of hydrogen-bond acceptors (Lipinski definition) is 6. The molecule has 8 nitrogen and oxygen atoms in total. The Kier molecular flexibility index (Phi) is 13.0. The number of anilines is 1. The van der Waals surface area contributed by atoms with Gasteiger partial charge in [-0.25, -0.2) is 0 Å². The molecular formula is C39H52N4O4. The smallest absolute Gasteiger partial charge is 0.255 e. The van der Waals surface area contributed by atoms with Crippen LogP contribution < -0.4 is 20.3 Å². The van der Waals surface area contributed by atoms with Gasteiger partial charge in [0.05, 0.1) is 7.11 Å². The highest BCUT2D eigenvalue weighted by molar-refractivity contribution is 6.02. The van der Waals surface area contributed by atoms with Gasteiger partial charge in [0.15, 0.2) is 0 Å². The maximum absolute atomic E-state index is 14.0. The fourth-order valence-electron chi connectivity index (χ4n) is 5.96. The van der Waals surface area contributed by atoms with Gasteiger partial charge in [0.1, 0.15) is 11.9 Å². The quantitative estimate of drug-likeness (QED) is 0.173. The molecule has 0 aromatic heterocycles. The zero-order valence-electron chi connectivity index (χ0n) is 28.7. The molecule has 2 amide bonds. The summed E-state index contributed by atoms with van der Waals surface area (Å²) in [7, 11) is 1.64. The van der Waals surface area contributed by atoms with Crippen LogP contribution in [0.25, 0.3) is 6.08 Å². The van der Waals surface area contributed by atoms with Crippen molar-refractivity contribution in [1.29, 1.82) is 0 Å². The van der Waals surface area contributed by atoms with E-state index in [1.54, 1.807) is 19.3 Å². The fraction of sp³-hybridized carbons (Fsp3) is 0.436. The van der Waals surface area contributed by atoms with Gasteiger partial charge in [-0.15, -0.1) is 0 Å². The zero-order chi connectivity index (χ0) is 33.8. The summed E-state index contributed by atoms with van der Waals surface area (Å²) in [4.78, 5) is 31.9. The topological polar surface area (TPSA) is 94.1 Å². The van der Waals surface area contributed by atoms with Crippen LogP contribution in [0.2, 0.25) is 0 Å². The first kappa shape index (κ1) is 35.7. The SMILES string of the molecule is CCCN(CCC)C(=O)c1cc(C(=O)N/C(=C\c2ccccc2)[C@H](O)CNC(C)(C)c2cccc(OC)c2)cc(N2CCCCC2)c1. The highest BCUT2D eigenvalue weighted by atomic mass is 16.5. The monoisotopic (exact) mass is 640 g/mol. The van der Waals surface area contributed by atoms with Crippen molar-refractivity contribution in [2.75, 3.05) is 44.7 Å². The molecule has 4 rings (SSSR count). The van der Waals surface area contributed by atoms with Gasteiger partial charge in [0.2, 0.25) is 0 Å². The number of aliphatic hydroxyl groups is 1. The molecule has 0 aliphatic carbocycles. The minimum absolute atomic E-state index is 0.0642. The lowest BCUT2D eigenvalue weighted by Crippen LogP contribution is -2.43. The summed E-state index contributed by atoms with van der Waals surface area (Å²) in [5.74, 6) is 0.321. The van der Waals surface area contributed by atoms with Gasteiger partial charge in [-0.05, 0) is 93.5 Å². The van der Waals surface area contributed by atoms with Crippen molar-refractivity contribution in [3.63, 3.8) is 0 Å². The predicted octanol–water partition coefficient (Wildman–Crippen LogP) is 6.60. The highest BCUT2D eigenvalue weighted by Gasteiger charge is 2.25. The molecule has 0 unspecified atom stereocenters. The number of methoxy groups -OCH3 is 1. The van der Waals surface area contributed by atoms with E-state index in [-0.39, 0.29) is 18.4 Å². The number of carbonyl (C=O) groups is 2. The Bertz CT molecular complexity index is 1490. The standard InChI is InChI=1S/C39H52N4O4/c1-6-19-43(20-7-2)38(46)31-24-30(25-33(26-31)42-21-12-9-13-22-42)37(45)41-35(23-29-15-10-8-11-16-29)36(44)28-40-39(3,4)32-17-14-18-34(27-32)47-5/h8,10-11,14-18,23-27,36,40,44H,6-7,9,12-13,19-22,28H2,1-5H3,(H,41,45)/b35-23-/t36-/m1/s1. The van der Waals surface area contributed by atoms with Crippen molar-refractivity contribution in [3.8, 4) is 5.75 Å². The third-order valence-electron chi connectivity index (χ3n) is 8.69. The molecule has 0 spiro atoms. The van der Waals surface area contributed by atoms with E-state index < -0.39 is 11.6 Å². The summed E-state index contributed by atoms with van der Waals surface area (Å²) >= 11 is 0. The van der Waals surface area contributed by atoms with E-state index in [4.69, 9.17) is 4.74 Å². The van der Waals surface area contributed by atoms with Crippen LogP contribution in [0, 0.1) is 0 Å². The molecule has 3 N–H and O–H groups in total. The molecule has 1 atom stereocenters. The van der Waals surface area contributed by atoms with Gasteiger partial charge in [-0.3, -0.25) is 9.59 Å². The van der Waals surface area contributed by atoms with Gasteiger partial charge in [-0.2, -0.15) is 0 Å². The van der Waals surface area contributed by atoms with Gasteiger partial charge >= 0.3 is 0 Å². The van der Waals surface area contributed by atoms with Crippen LogP contribution in [-0.2, 0) is 5.54 Å². The summed E-state index contributed by atoms with van der Waals surface area (Å²) in [6.07, 6.45) is 5.82. The second-order valence-electron chi connectivity index (χ2n) is 12.8. The molecule has 0 radical (unpaired) electrons. The van der Waals surface area contributed by atoms with Crippen LogP contribution in [0.1, 0.15) is 91.6 Å². The lowest BCUT2D eigenvalue weighted by molar-refractivity contribution is 0.0755. The lowest BCUT2D eigenvalue weighted by Gasteiger charge is -2.30. The normalized spacial score (nSPS) is 14.4. The first-order valence-corrected chi connectivity index (χ1v) is 17.0. The number of hydrogen-bond donors (Lipinski definition) is 3. The summed E-state index contributed by atoms with van der Waals surface area (Å²) < 4.78 is 5.41. The van der Waals surface area contributed by atoms with E-state index in [1.165, 1.54) is 6.42 Å². The summed E-state index contributed by atoms with van der Waals surface area (Å²) in [6.45, 7) is 11.5. The molecule has 1 heterocycles. The first-order valence-electron chi connectivity index (χ1n) is 17.0. The van der Waals surface area contributed by atoms with Gasteiger partial charge < -0.3 is 30.3 Å². The minimum Gasteiger partial charge on any atom is -0.497 e. The number of nitrogens with one attached hydrogen (secondary N) is 2. The molecule has 1 fully saturated rings. The van der Waals surface area contributed by atoms with E-state index in [0.29, 0.717) is 29.9 Å². The van der Waals surface area contributed by atoms with Crippen LogP contribution in [-0.4, -0.2) is 67.8 Å². The van der Waals surface area contributed by atoms with Crippen LogP contribution in [0.3, 0.4) is 0 Å². The molecule has 1 aliphatic rings. The molecule has 3 aromatic carbocycles. The highest BCUT2D eigenvalue weighted by Crippen LogP contribution is 2.26. The molecule has 8 heteroatoms. The van der Waals surface area contributed by atoms with E-state index in [2.05, 4.69) is 29.4 Å². The molecule has 1 aliphatic heterocycles. The minimum atomic E-state index is -1.03. The number of piperidine rings is 1. The average Bonchev–Trinajstić information content (AvgIpc) is 3.10. The van der Waals surface area contributed by atoms with E-state index in [0.717, 1.165) is 61.3 Å². The summed E-state index contributed by atoms with van der Waals surface area (Å²) in [6, 6.07) is 22.9. The second kappa shape index (κ2) is 17.1. The van der Waals surface area contributed by atoms with E-state index >= 15 is 0 Å². The average molecular weight is 641 g/mol. The number of carbonyl (C=O) groups excluding carboxylic acids is 2. The molecule has 0 saturated carbocycles. The lowest BCUT2D eigenvalue weighted by atomic mass is 9.93. The first-order chi connectivity index (χ1) is 22.6. The Morgan fingerprint density at radius 1 is 0.936 bits per heavy atom. The van der Waals surface area contributed by atoms with Crippen molar-refractivity contribution in [1.82, 2.24) is 15.5 Å². The Morgan fingerprint density at radius 2 is 1.62 bits per heavy atom. The number of aliphatic hydroxyl groups excluding tert-OH is 1. The number of amides is 2. The summed E-state index contributed by atoms with van der Waals surface area (Å²) in [5.41, 5.74) is 3.51. The number of benzene rings is 3. The molecule has 3 aromatic rings. The molecular weight excluding hydrogens is 588 g/mol. The maximum Gasteiger partial charge on any atom is 0.255 e. The molecule has 1 saturated heterocycles. The van der Waals surface area contributed by atoms with Crippen molar-refractivity contribution in [2.24, 2.45) is 0 Å². The van der Waals surface area contributed by atoms with Crippen LogP contribution >= 0.6 is 0 Å². The van der Waals surface area contributed by atoms with Gasteiger partial charge in [-0.1, -0.05) is 56.3 Å². The Labute approximate surface area is 280 Å². The number of nitrogens with zero attached hydrogens (tertiary/aromatic N) is 2. The maximum atomic E-state index is 14.0. The molecule has 252 valence electrons. The largest absolute Gasteiger partial charge is 0.497 e. The third-order valence-corrected chi connectivity index (χ3v) is 8.69. The summed E-state index contributed by atoms with van der Waals surface area (Å²) in [5, 5.41) is 18.0. The van der Waals surface area contributed by atoms with Crippen molar-refractivity contribution in [3.05, 3.63) is 101 Å². The third kappa shape index (κ3) is 9.92. The fourth-order valence-corrected chi connectivity index (χ4v) is 5.96. The van der Waals surface area contributed by atoms with Crippen molar-refractivity contribution < 1.29 is 19.4 Å². The van der Waals surface area contributed by atoms with E-state index in [9.17, 15) is 14.7 Å². The van der Waals surface area contributed by atoms with Gasteiger partial charge in [0.25, 0.3) is 11.8 Å². The zero-order valence-corrected chi connectivity index (χ0v) is 28.7. The van der Waals surface area contributed by atoms with Gasteiger partial charge in [0, 0.05) is 60.8 Å². The van der Waals surface area contributed by atoms with E-state index in [1.807, 2.05) is 85.5 Å². The Balaban J connectivity index is 1.63. The Hall–Kier alpha value is -4.14. The Morgan fingerprint density at radius 3 is 2.28 bits per heavy atom. The predicted molar refractivity (Wildman–Crippen MR) is 191 cm³/mol. The molecule has 47 heavy (non-hydrogen) atoms. The van der Waals surface area contributed by atoms with Crippen LogP contribution in [0.5, 0.6) is 5.75 Å². The van der Waals surface area contributed by atoms with Crippen LogP contribution in [0.15, 0.2) is 78.5 Å². The van der Waals surface area contributed by atoms with Crippen molar-refractivity contribution in [2.45, 2.75) is 71.4 Å². The number of ether oxygens (including phenoxy) is 1. The number of rotatable bonds is 15. The second-order valence-corrected chi connectivity index (χ2v) is 12.8. The molecule has 0 bridgehead atoms. The van der Waals surface area contributed by atoms with Crippen molar-refractivity contribution >= 4 is 23.6 Å².